The lowest BCUT2D eigenvalue weighted by Gasteiger charge is -2.07. The molecule has 0 amide bonds. The Kier molecular flexibility index (Phi) is 4.61. The van der Waals surface area contributed by atoms with Crippen LogP contribution in [0, 0.1) is 0 Å². The number of nitrogen functional groups attached to an aromatic ring is 1. The van der Waals surface area contributed by atoms with Crippen molar-refractivity contribution in [1.82, 2.24) is 0 Å². The van der Waals surface area contributed by atoms with Crippen LogP contribution in [-0.4, -0.2) is 20.0 Å². The van der Waals surface area contributed by atoms with Crippen LogP contribution in [0.2, 0.25) is 0 Å². The molecule has 0 unspecified atom stereocenters. The van der Waals surface area contributed by atoms with Crippen LogP contribution in [0.5, 0.6) is 11.5 Å². The number of ketones is 1. The molecule has 4 nitrogen and oxygen atoms in total. The number of carbonyl (C=O) groups excluding carboxylic acids is 1. The van der Waals surface area contributed by atoms with Crippen molar-refractivity contribution < 1.29 is 14.3 Å². The molecule has 0 spiro atoms. The third-order valence-corrected chi connectivity index (χ3v) is 3.06. The van der Waals surface area contributed by atoms with Gasteiger partial charge in [0, 0.05) is 11.3 Å². The number of para-hydroxylation sites is 1. The second kappa shape index (κ2) is 6.61. The highest BCUT2D eigenvalue weighted by atomic mass is 16.5. The SMILES string of the molecule is COc1ccc(C=CC(=O)c2ccccc2N)cc1OC. The second-order valence-electron chi connectivity index (χ2n) is 4.40. The average Bonchev–Trinajstić information content (AvgIpc) is 2.52. The molecule has 0 aliphatic heterocycles. The van der Waals surface area contributed by atoms with Crippen LogP contribution in [0.25, 0.3) is 6.08 Å². The Balaban J connectivity index is 2.22. The molecule has 2 N–H and O–H groups in total. The molecule has 4 heteroatoms. The third-order valence-electron chi connectivity index (χ3n) is 3.06. The van der Waals surface area contributed by atoms with Crippen molar-refractivity contribution in [3.8, 4) is 11.5 Å². The Morgan fingerprint density at radius 3 is 2.43 bits per heavy atom. The molecular formula is C17H17NO3. The zero-order valence-corrected chi connectivity index (χ0v) is 12.0. The Bertz CT molecular complexity index is 677. The molecule has 0 aromatic heterocycles. The van der Waals surface area contributed by atoms with Gasteiger partial charge in [-0.1, -0.05) is 24.3 Å². The molecule has 2 rings (SSSR count). The van der Waals surface area contributed by atoms with E-state index in [0.29, 0.717) is 22.7 Å². The molecule has 0 fully saturated rings. The van der Waals surface area contributed by atoms with E-state index in [1.165, 1.54) is 6.08 Å². The van der Waals surface area contributed by atoms with Gasteiger partial charge in [0.05, 0.1) is 14.2 Å². The molecule has 0 bridgehead atoms. The zero-order valence-electron chi connectivity index (χ0n) is 12.0. The first kappa shape index (κ1) is 14.7. The van der Waals surface area contributed by atoms with Crippen molar-refractivity contribution in [3.63, 3.8) is 0 Å². The first-order valence-corrected chi connectivity index (χ1v) is 6.44. The topological polar surface area (TPSA) is 61.5 Å². The lowest BCUT2D eigenvalue weighted by atomic mass is 10.1. The molecular weight excluding hydrogens is 266 g/mol. The van der Waals surface area contributed by atoms with Crippen molar-refractivity contribution in [2.24, 2.45) is 0 Å². The van der Waals surface area contributed by atoms with E-state index >= 15 is 0 Å². The fourth-order valence-corrected chi connectivity index (χ4v) is 1.94. The predicted molar refractivity (Wildman–Crippen MR) is 83.8 cm³/mol. The molecule has 0 atom stereocenters. The van der Waals surface area contributed by atoms with Gasteiger partial charge in [-0.05, 0) is 35.9 Å². The van der Waals surface area contributed by atoms with Gasteiger partial charge in [0.15, 0.2) is 17.3 Å². The number of anilines is 1. The number of nitrogens with two attached hydrogens (primary N) is 1. The summed E-state index contributed by atoms with van der Waals surface area (Å²) in [5.41, 5.74) is 7.59. The summed E-state index contributed by atoms with van der Waals surface area (Å²) in [7, 11) is 3.15. The van der Waals surface area contributed by atoms with Crippen LogP contribution in [0.4, 0.5) is 5.69 Å². The Hall–Kier alpha value is -2.75. The van der Waals surface area contributed by atoms with Crippen molar-refractivity contribution in [1.29, 1.82) is 0 Å². The van der Waals surface area contributed by atoms with Crippen molar-refractivity contribution in [3.05, 3.63) is 59.7 Å². The smallest absolute Gasteiger partial charge is 0.187 e. The average molecular weight is 283 g/mol. The number of hydrogen-bond donors (Lipinski definition) is 1. The van der Waals surface area contributed by atoms with Gasteiger partial charge in [0.2, 0.25) is 0 Å². The number of hydrogen-bond acceptors (Lipinski definition) is 4. The summed E-state index contributed by atoms with van der Waals surface area (Å²) in [6.07, 6.45) is 3.21. The van der Waals surface area contributed by atoms with Crippen LogP contribution in [0.1, 0.15) is 15.9 Å². The van der Waals surface area contributed by atoms with Crippen LogP contribution in [-0.2, 0) is 0 Å². The Labute approximate surface area is 123 Å². The van der Waals surface area contributed by atoms with Crippen molar-refractivity contribution in [2.75, 3.05) is 20.0 Å². The minimum Gasteiger partial charge on any atom is -0.493 e. The van der Waals surface area contributed by atoms with Gasteiger partial charge in [-0.3, -0.25) is 4.79 Å². The van der Waals surface area contributed by atoms with E-state index in [4.69, 9.17) is 15.2 Å². The first-order valence-electron chi connectivity index (χ1n) is 6.44. The molecule has 0 aliphatic rings. The van der Waals surface area contributed by atoms with E-state index < -0.39 is 0 Å². The van der Waals surface area contributed by atoms with Crippen LogP contribution in [0.15, 0.2) is 48.5 Å². The molecule has 21 heavy (non-hydrogen) atoms. The Morgan fingerprint density at radius 1 is 1.05 bits per heavy atom. The third kappa shape index (κ3) is 3.42. The van der Waals surface area contributed by atoms with E-state index in [-0.39, 0.29) is 5.78 Å². The minimum absolute atomic E-state index is 0.136. The normalized spacial score (nSPS) is 10.6. The highest BCUT2D eigenvalue weighted by Gasteiger charge is 2.06. The molecule has 2 aromatic rings. The predicted octanol–water partition coefficient (Wildman–Crippen LogP) is 3.18. The molecule has 0 aliphatic carbocycles. The monoisotopic (exact) mass is 283 g/mol. The second-order valence-corrected chi connectivity index (χ2v) is 4.40. The number of methoxy groups -OCH3 is 2. The summed E-state index contributed by atoms with van der Waals surface area (Å²) in [4.78, 5) is 12.1. The summed E-state index contributed by atoms with van der Waals surface area (Å²) in [6.45, 7) is 0. The summed E-state index contributed by atoms with van der Waals surface area (Å²) >= 11 is 0. The fourth-order valence-electron chi connectivity index (χ4n) is 1.94. The summed E-state index contributed by atoms with van der Waals surface area (Å²) in [6, 6.07) is 12.4. The minimum atomic E-state index is -0.136. The largest absolute Gasteiger partial charge is 0.493 e. The quantitative estimate of drug-likeness (QED) is 0.520. The first-order chi connectivity index (χ1) is 10.2. The molecule has 108 valence electrons. The number of allylic oxidation sites excluding steroid dienone is 1. The summed E-state index contributed by atoms with van der Waals surface area (Å²) in [5, 5.41) is 0. The van der Waals surface area contributed by atoms with Gasteiger partial charge in [-0.25, -0.2) is 0 Å². The lowest BCUT2D eigenvalue weighted by Crippen LogP contribution is -2.00. The fraction of sp³-hybridized carbons (Fsp3) is 0.118. The van der Waals surface area contributed by atoms with Gasteiger partial charge < -0.3 is 15.2 Å². The van der Waals surface area contributed by atoms with Crippen LogP contribution < -0.4 is 15.2 Å². The number of rotatable bonds is 5. The molecule has 0 saturated carbocycles. The van der Waals surface area contributed by atoms with Crippen LogP contribution in [0.3, 0.4) is 0 Å². The van der Waals surface area contributed by atoms with Gasteiger partial charge in [0.1, 0.15) is 0 Å². The number of ether oxygens (including phenoxy) is 2. The van der Waals surface area contributed by atoms with E-state index in [9.17, 15) is 4.79 Å². The van der Waals surface area contributed by atoms with Crippen LogP contribution >= 0.6 is 0 Å². The molecule has 2 aromatic carbocycles. The van der Waals surface area contributed by atoms with Gasteiger partial charge >= 0.3 is 0 Å². The van der Waals surface area contributed by atoms with E-state index in [1.54, 1.807) is 56.7 Å². The highest BCUT2D eigenvalue weighted by molar-refractivity contribution is 6.10. The number of carbonyl (C=O) groups is 1. The maximum atomic E-state index is 12.1. The van der Waals surface area contributed by atoms with Gasteiger partial charge in [-0.15, -0.1) is 0 Å². The molecule has 0 radical (unpaired) electrons. The summed E-state index contributed by atoms with van der Waals surface area (Å²) in [5.74, 6) is 1.13. The number of benzene rings is 2. The highest BCUT2D eigenvalue weighted by Crippen LogP contribution is 2.28. The summed E-state index contributed by atoms with van der Waals surface area (Å²) < 4.78 is 10.4. The molecule has 0 heterocycles. The standard InChI is InChI=1S/C17H17NO3/c1-20-16-10-8-12(11-17(16)21-2)7-9-15(19)13-5-3-4-6-14(13)18/h3-11H,18H2,1-2H3. The Morgan fingerprint density at radius 2 is 1.76 bits per heavy atom. The maximum Gasteiger partial charge on any atom is 0.187 e. The van der Waals surface area contributed by atoms with Crippen molar-refractivity contribution in [2.45, 2.75) is 0 Å². The van der Waals surface area contributed by atoms with E-state index in [1.807, 2.05) is 6.07 Å². The van der Waals surface area contributed by atoms with E-state index in [2.05, 4.69) is 0 Å². The maximum absolute atomic E-state index is 12.1. The van der Waals surface area contributed by atoms with Crippen molar-refractivity contribution >= 4 is 17.5 Å². The zero-order chi connectivity index (χ0) is 15.2. The molecule has 0 saturated heterocycles. The van der Waals surface area contributed by atoms with E-state index in [0.717, 1.165) is 5.56 Å². The van der Waals surface area contributed by atoms with Gasteiger partial charge in [-0.2, -0.15) is 0 Å². The lowest BCUT2D eigenvalue weighted by molar-refractivity contribution is 0.104. The van der Waals surface area contributed by atoms with Gasteiger partial charge in [0.25, 0.3) is 0 Å².